The van der Waals surface area contributed by atoms with E-state index in [0.717, 1.165) is 39.1 Å². The highest BCUT2D eigenvalue weighted by Crippen LogP contribution is 2.41. The van der Waals surface area contributed by atoms with Crippen LogP contribution in [0.2, 0.25) is 0 Å². The van der Waals surface area contributed by atoms with Crippen LogP contribution in [-0.4, -0.2) is 19.2 Å². The van der Waals surface area contributed by atoms with Crippen LogP contribution >= 0.6 is 0 Å². The number of nitrogens with zero attached hydrogens (tertiary/aromatic N) is 4. The van der Waals surface area contributed by atoms with Gasteiger partial charge in [0.15, 0.2) is 11.6 Å². The zero-order chi connectivity index (χ0) is 30.5. The van der Waals surface area contributed by atoms with Gasteiger partial charge in [0.25, 0.3) is 0 Å². The summed E-state index contributed by atoms with van der Waals surface area (Å²) >= 11 is 0. The lowest BCUT2D eigenvalue weighted by Gasteiger charge is -2.16. The van der Waals surface area contributed by atoms with Gasteiger partial charge in [0.1, 0.15) is 0 Å². The van der Waals surface area contributed by atoms with E-state index in [2.05, 4.69) is 123 Å². The van der Waals surface area contributed by atoms with Gasteiger partial charge in [0.05, 0.1) is 34.0 Å². The van der Waals surface area contributed by atoms with E-state index in [0.29, 0.717) is 11.6 Å². The maximum atomic E-state index is 5.13. The van der Waals surface area contributed by atoms with Gasteiger partial charge >= 0.3 is 0 Å². The second kappa shape index (κ2) is 10.6. The molecule has 0 unspecified atom stereocenters. The second-order valence-electron chi connectivity index (χ2n) is 11.3. The molecule has 0 bridgehead atoms. The Hall–Kier alpha value is -6.40. The summed E-state index contributed by atoms with van der Waals surface area (Å²) in [5.41, 5.74) is 12.0. The fourth-order valence-corrected chi connectivity index (χ4v) is 6.54. The molecule has 0 spiro atoms. The quantitative estimate of drug-likeness (QED) is 0.202. The number of nitrogens with one attached hydrogen (secondary N) is 2. The van der Waals surface area contributed by atoms with Crippen molar-refractivity contribution in [3.05, 3.63) is 158 Å². The van der Waals surface area contributed by atoms with Crippen molar-refractivity contribution in [3.63, 3.8) is 0 Å². The summed E-state index contributed by atoms with van der Waals surface area (Å²) in [4.78, 5) is 10.00. The van der Waals surface area contributed by atoms with Crippen LogP contribution in [0.25, 0.3) is 60.6 Å². The molecule has 0 aliphatic heterocycles. The van der Waals surface area contributed by atoms with Crippen LogP contribution in [0.5, 0.6) is 0 Å². The van der Waals surface area contributed by atoms with Crippen LogP contribution in [0.3, 0.4) is 0 Å². The minimum Gasteiger partial charge on any atom is -0.337 e. The maximum absolute atomic E-state index is 5.13. The lowest BCUT2D eigenvalue weighted by atomic mass is 10.1. The molecule has 6 aromatic carbocycles. The van der Waals surface area contributed by atoms with Gasteiger partial charge in [-0.2, -0.15) is 0 Å². The van der Waals surface area contributed by atoms with Gasteiger partial charge in [0, 0.05) is 38.5 Å². The number of fused-ring (bicyclic) bond motifs is 7. The first-order valence-electron chi connectivity index (χ1n) is 15.4. The Kier molecular flexibility index (Phi) is 6.03. The summed E-state index contributed by atoms with van der Waals surface area (Å²) in [6.07, 6.45) is 1.82. The SMILES string of the molecule is c1ccc(Nc2ncc(-c3ccccc3)nc2Nn2c3ccccc3c3c2ccc2c4ccccc4n(-c4ccccc4)c23)cc1. The Labute approximate surface area is 265 Å². The first-order chi connectivity index (χ1) is 22.8. The monoisotopic (exact) mass is 592 g/mol. The molecule has 3 heterocycles. The minimum atomic E-state index is 0.622. The van der Waals surface area contributed by atoms with Crippen molar-refractivity contribution in [2.75, 3.05) is 10.7 Å². The molecule has 0 saturated carbocycles. The highest BCUT2D eigenvalue weighted by atomic mass is 15.4. The molecule has 9 rings (SSSR count). The van der Waals surface area contributed by atoms with E-state index < -0.39 is 0 Å². The van der Waals surface area contributed by atoms with Crippen LogP contribution in [0, 0.1) is 0 Å². The molecule has 6 heteroatoms. The lowest BCUT2D eigenvalue weighted by molar-refractivity contribution is 1.02. The standard InChI is InChI=1S/C40H28N6/c1-4-14-27(15-5-1)33-26-41-39(42-28-16-6-2-7-17-28)40(43-33)44-46-35-23-13-11-21-32(35)37-36(46)25-24-31-30-20-10-12-22-34(30)45(38(31)37)29-18-8-3-9-19-29/h1-26H,(H,41,42)(H,43,44). The number of benzene rings is 6. The maximum Gasteiger partial charge on any atom is 0.189 e. The molecular formula is C40H28N6. The van der Waals surface area contributed by atoms with Gasteiger partial charge in [-0.25, -0.2) is 9.97 Å². The van der Waals surface area contributed by atoms with E-state index in [4.69, 9.17) is 9.97 Å². The zero-order valence-corrected chi connectivity index (χ0v) is 24.8. The molecule has 218 valence electrons. The number of hydrogen-bond acceptors (Lipinski definition) is 4. The van der Waals surface area contributed by atoms with E-state index in [1.807, 2.05) is 54.7 Å². The number of aromatic nitrogens is 4. The molecule has 0 aliphatic carbocycles. The summed E-state index contributed by atoms with van der Waals surface area (Å²) in [6, 6.07) is 52.5. The average Bonchev–Trinajstić information content (AvgIpc) is 3.63. The highest BCUT2D eigenvalue weighted by Gasteiger charge is 2.21. The van der Waals surface area contributed by atoms with Crippen molar-refractivity contribution in [1.82, 2.24) is 19.2 Å². The average molecular weight is 593 g/mol. The Morgan fingerprint density at radius 1 is 0.500 bits per heavy atom. The van der Waals surface area contributed by atoms with Crippen molar-refractivity contribution in [3.8, 4) is 16.9 Å². The molecular weight excluding hydrogens is 564 g/mol. The van der Waals surface area contributed by atoms with Gasteiger partial charge in [-0.3, -0.25) is 10.1 Å². The second-order valence-corrected chi connectivity index (χ2v) is 11.3. The molecule has 0 atom stereocenters. The fraction of sp³-hybridized carbons (Fsp3) is 0. The van der Waals surface area contributed by atoms with Gasteiger partial charge in [-0.05, 0) is 42.5 Å². The fourth-order valence-electron chi connectivity index (χ4n) is 6.54. The Bertz CT molecular complexity index is 2520. The molecule has 0 amide bonds. The normalized spacial score (nSPS) is 11.5. The Morgan fingerprint density at radius 3 is 1.93 bits per heavy atom. The third-order valence-corrected chi connectivity index (χ3v) is 8.58. The van der Waals surface area contributed by atoms with E-state index in [1.54, 1.807) is 0 Å². The molecule has 46 heavy (non-hydrogen) atoms. The summed E-state index contributed by atoms with van der Waals surface area (Å²) in [6.45, 7) is 0. The minimum absolute atomic E-state index is 0.622. The third kappa shape index (κ3) is 4.19. The topological polar surface area (TPSA) is 59.7 Å². The van der Waals surface area contributed by atoms with E-state index in [-0.39, 0.29) is 0 Å². The highest BCUT2D eigenvalue weighted by molar-refractivity contribution is 6.25. The summed E-state index contributed by atoms with van der Waals surface area (Å²) in [5.74, 6) is 1.26. The molecule has 9 aromatic rings. The Balaban J connectivity index is 1.31. The van der Waals surface area contributed by atoms with Crippen molar-refractivity contribution < 1.29 is 0 Å². The molecule has 0 radical (unpaired) electrons. The summed E-state index contributed by atoms with van der Waals surface area (Å²) in [5, 5.41) is 8.25. The van der Waals surface area contributed by atoms with Crippen LogP contribution < -0.4 is 10.7 Å². The van der Waals surface area contributed by atoms with Gasteiger partial charge in [0.2, 0.25) is 0 Å². The Morgan fingerprint density at radius 2 is 1.15 bits per heavy atom. The van der Waals surface area contributed by atoms with Crippen LogP contribution in [0.1, 0.15) is 0 Å². The molecule has 2 N–H and O–H groups in total. The number of hydrogen-bond donors (Lipinski definition) is 2. The van der Waals surface area contributed by atoms with Crippen molar-refractivity contribution >= 4 is 60.9 Å². The first kappa shape index (κ1) is 26.0. The van der Waals surface area contributed by atoms with Gasteiger partial charge < -0.3 is 9.88 Å². The molecule has 3 aromatic heterocycles. The van der Waals surface area contributed by atoms with E-state index >= 15 is 0 Å². The van der Waals surface area contributed by atoms with Gasteiger partial charge in [-0.15, -0.1) is 0 Å². The van der Waals surface area contributed by atoms with E-state index in [9.17, 15) is 0 Å². The molecule has 0 aliphatic rings. The zero-order valence-electron chi connectivity index (χ0n) is 24.8. The third-order valence-electron chi connectivity index (χ3n) is 8.58. The number of anilines is 3. The van der Waals surface area contributed by atoms with Crippen LogP contribution in [0.4, 0.5) is 17.3 Å². The van der Waals surface area contributed by atoms with Crippen molar-refractivity contribution in [2.45, 2.75) is 0 Å². The van der Waals surface area contributed by atoms with Gasteiger partial charge in [-0.1, -0.05) is 109 Å². The predicted octanol–water partition coefficient (Wildman–Crippen LogP) is 9.97. The molecule has 6 nitrogen and oxygen atoms in total. The predicted molar refractivity (Wildman–Crippen MR) is 190 cm³/mol. The van der Waals surface area contributed by atoms with Crippen molar-refractivity contribution in [1.29, 1.82) is 0 Å². The van der Waals surface area contributed by atoms with E-state index in [1.165, 1.54) is 27.2 Å². The summed E-state index contributed by atoms with van der Waals surface area (Å²) < 4.78 is 4.54. The summed E-state index contributed by atoms with van der Waals surface area (Å²) in [7, 11) is 0. The van der Waals surface area contributed by atoms with Crippen LogP contribution in [-0.2, 0) is 0 Å². The van der Waals surface area contributed by atoms with Crippen molar-refractivity contribution in [2.24, 2.45) is 0 Å². The molecule has 0 saturated heterocycles. The first-order valence-corrected chi connectivity index (χ1v) is 15.4. The number of para-hydroxylation sites is 4. The lowest BCUT2D eigenvalue weighted by Crippen LogP contribution is -2.13. The largest absolute Gasteiger partial charge is 0.337 e. The number of rotatable bonds is 6. The van der Waals surface area contributed by atoms with Crippen LogP contribution in [0.15, 0.2) is 158 Å². The molecule has 0 fully saturated rings. The smallest absolute Gasteiger partial charge is 0.189 e.